The third-order valence-electron chi connectivity index (χ3n) is 6.27. The van der Waals surface area contributed by atoms with Gasteiger partial charge in [-0.25, -0.2) is 0 Å². The quantitative estimate of drug-likeness (QED) is 0.105. The lowest BCUT2D eigenvalue weighted by atomic mass is 10.0. The van der Waals surface area contributed by atoms with E-state index in [4.69, 9.17) is 9.47 Å². The molecule has 0 aliphatic heterocycles. The Labute approximate surface area is 210 Å². The number of unbranched alkanes of at least 4 members (excludes halogenated alkanes) is 15. The van der Waals surface area contributed by atoms with Crippen molar-refractivity contribution in [2.45, 2.75) is 155 Å². The van der Waals surface area contributed by atoms with Crippen LogP contribution in [0.5, 0.6) is 0 Å². The van der Waals surface area contributed by atoms with Gasteiger partial charge in [0.25, 0.3) is 0 Å². The van der Waals surface area contributed by atoms with Crippen molar-refractivity contribution in [2.24, 2.45) is 5.92 Å². The molecule has 1 N–H and O–H groups in total. The number of aliphatic hydroxyl groups excluding tert-OH is 1. The minimum atomic E-state index is -0.952. The largest absolute Gasteiger partial charge is 0.463 e. The van der Waals surface area contributed by atoms with Crippen molar-refractivity contribution in [3.63, 3.8) is 0 Å². The van der Waals surface area contributed by atoms with E-state index in [1.54, 1.807) is 0 Å². The third kappa shape index (κ3) is 25.5. The molecule has 1 atom stereocenters. The van der Waals surface area contributed by atoms with Gasteiger partial charge in [0.15, 0.2) is 0 Å². The molecule has 0 bridgehead atoms. The monoisotopic (exact) mass is 484 g/mol. The Morgan fingerprint density at radius 3 is 1.32 bits per heavy atom. The number of rotatable bonds is 25. The van der Waals surface area contributed by atoms with Gasteiger partial charge in [0.1, 0.15) is 19.3 Å². The molecule has 0 aromatic carbocycles. The first-order valence-electron chi connectivity index (χ1n) is 14.4. The van der Waals surface area contributed by atoms with Gasteiger partial charge in [-0.1, -0.05) is 124 Å². The summed E-state index contributed by atoms with van der Waals surface area (Å²) in [5.41, 5.74) is 0. The molecule has 0 heterocycles. The minimum absolute atomic E-state index is 0.110. The number of carbonyl (C=O) groups is 2. The van der Waals surface area contributed by atoms with Crippen molar-refractivity contribution in [3.05, 3.63) is 0 Å². The Morgan fingerprint density at radius 1 is 0.588 bits per heavy atom. The molecule has 5 nitrogen and oxygen atoms in total. The zero-order valence-electron chi connectivity index (χ0n) is 22.8. The van der Waals surface area contributed by atoms with E-state index in [2.05, 4.69) is 20.8 Å². The molecule has 0 aliphatic rings. The molecule has 0 saturated carbocycles. The molecular weight excluding hydrogens is 428 g/mol. The molecule has 0 fully saturated rings. The Hall–Kier alpha value is -1.10. The highest BCUT2D eigenvalue weighted by Crippen LogP contribution is 2.13. The highest BCUT2D eigenvalue weighted by molar-refractivity contribution is 5.69. The molecule has 0 aromatic rings. The van der Waals surface area contributed by atoms with Crippen molar-refractivity contribution < 1.29 is 24.2 Å². The van der Waals surface area contributed by atoms with Gasteiger partial charge >= 0.3 is 11.9 Å². The van der Waals surface area contributed by atoms with Crippen LogP contribution in [0.15, 0.2) is 0 Å². The average molecular weight is 485 g/mol. The Balaban J connectivity index is 3.45. The summed E-state index contributed by atoms with van der Waals surface area (Å²) in [5.74, 6) is 0.229. The summed E-state index contributed by atoms with van der Waals surface area (Å²) in [4.78, 5) is 23.6. The summed E-state index contributed by atoms with van der Waals surface area (Å²) >= 11 is 0. The highest BCUT2D eigenvalue weighted by atomic mass is 16.6. The van der Waals surface area contributed by atoms with E-state index in [0.717, 1.165) is 44.4 Å². The molecule has 0 aromatic heterocycles. The number of hydrogen-bond donors (Lipinski definition) is 1. The van der Waals surface area contributed by atoms with E-state index in [0.29, 0.717) is 12.8 Å². The number of hydrogen-bond acceptors (Lipinski definition) is 5. The van der Waals surface area contributed by atoms with Crippen LogP contribution in [0.1, 0.15) is 149 Å². The number of carbonyl (C=O) groups excluding carboxylic acids is 2. The van der Waals surface area contributed by atoms with E-state index in [1.807, 2.05) is 0 Å². The Bertz CT molecular complexity index is 463. The molecular formula is C29H56O5. The molecule has 0 saturated heterocycles. The smallest absolute Gasteiger partial charge is 0.305 e. The first-order chi connectivity index (χ1) is 16.5. The molecule has 34 heavy (non-hydrogen) atoms. The van der Waals surface area contributed by atoms with Crippen molar-refractivity contribution in [2.75, 3.05) is 13.2 Å². The SMILES string of the molecule is CCCCCCCCCCCCC(=O)OC[C@@H](O)COC(=O)CCCCCCCCCC(C)C. The lowest BCUT2D eigenvalue weighted by Crippen LogP contribution is -2.25. The van der Waals surface area contributed by atoms with Gasteiger partial charge in [-0.05, 0) is 18.8 Å². The van der Waals surface area contributed by atoms with E-state index in [1.165, 1.54) is 77.0 Å². The first kappa shape index (κ1) is 32.9. The standard InChI is InChI=1S/C29H56O5/c1-4-5-6-7-8-9-10-13-16-19-22-28(31)33-24-27(30)25-34-29(32)23-20-17-14-11-12-15-18-21-26(2)3/h26-27,30H,4-25H2,1-3H3/t27-/m1/s1. The molecule has 0 amide bonds. The zero-order valence-corrected chi connectivity index (χ0v) is 22.8. The Morgan fingerprint density at radius 2 is 0.941 bits per heavy atom. The predicted molar refractivity (Wildman–Crippen MR) is 141 cm³/mol. The van der Waals surface area contributed by atoms with Crippen LogP contribution < -0.4 is 0 Å². The lowest BCUT2D eigenvalue weighted by Gasteiger charge is -2.12. The molecule has 0 unspecified atom stereocenters. The molecule has 202 valence electrons. The van der Waals surface area contributed by atoms with Gasteiger partial charge in [0, 0.05) is 12.8 Å². The molecule has 5 heteroatoms. The molecule has 0 rings (SSSR count). The van der Waals surface area contributed by atoms with Crippen LogP contribution in [-0.2, 0) is 19.1 Å². The van der Waals surface area contributed by atoms with Crippen LogP contribution in [0.4, 0.5) is 0 Å². The summed E-state index contributed by atoms with van der Waals surface area (Å²) in [6.07, 6.45) is 21.5. The second-order valence-corrected chi connectivity index (χ2v) is 10.4. The van der Waals surface area contributed by atoms with Gasteiger partial charge in [0.2, 0.25) is 0 Å². The van der Waals surface area contributed by atoms with Crippen molar-refractivity contribution >= 4 is 11.9 Å². The first-order valence-corrected chi connectivity index (χ1v) is 14.4. The predicted octanol–water partition coefficient (Wildman–Crippen LogP) is 7.91. The number of ether oxygens (including phenoxy) is 2. The molecule has 0 spiro atoms. The van der Waals surface area contributed by atoms with Gasteiger partial charge in [0.05, 0.1) is 0 Å². The normalized spacial score (nSPS) is 12.1. The van der Waals surface area contributed by atoms with Gasteiger partial charge < -0.3 is 14.6 Å². The van der Waals surface area contributed by atoms with Crippen molar-refractivity contribution in [1.29, 1.82) is 0 Å². The summed E-state index contributed by atoms with van der Waals surface area (Å²) in [5, 5.41) is 9.89. The van der Waals surface area contributed by atoms with Crippen molar-refractivity contribution in [3.8, 4) is 0 Å². The average Bonchev–Trinajstić information content (AvgIpc) is 2.81. The lowest BCUT2D eigenvalue weighted by molar-refractivity contribution is -0.152. The number of aliphatic hydroxyl groups is 1. The van der Waals surface area contributed by atoms with E-state index in [9.17, 15) is 14.7 Å². The number of esters is 2. The van der Waals surface area contributed by atoms with E-state index >= 15 is 0 Å². The van der Waals surface area contributed by atoms with E-state index in [-0.39, 0.29) is 25.2 Å². The van der Waals surface area contributed by atoms with E-state index < -0.39 is 6.10 Å². The Kier molecular flexibility index (Phi) is 24.2. The summed E-state index contributed by atoms with van der Waals surface area (Å²) in [6, 6.07) is 0. The van der Waals surface area contributed by atoms with Crippen molar-refractivity contribution in [1.82, 2.24) is 0 Å². The van der Waals surface area contributed by atoms with Crippen LogP contribution in [0.3, 0.4) is 0 Å². The fraction of sp³-hybridized carbons (Fsp3) is 0.931. The maximum absolute atomic E-state index is 11.8. The maximum Gasteiger partial charge on any atom is 0.305 e. The molecule has 0 aliphatic carbocycles. The zero-order chi connectivity index (χ0) is 25.3. The highest BCUT2D eigenvalue weighted by Gasteiger charge is 2.12. The van der Waals surface area contributed by atoms with Crippen LogP contribution >= 0.6 is 0 Å². The van der Waals surface area contributed by atoms with Crippen LogP contribution in [0, 0.1) is 5.92 Å². The van der Waals surface area contributed by atoms with Crippen LogP contribution in [0.25, 0.3) is 0 Å². The topological polar surface area (TPSA) is 72.8 Å². The minimum Gasteiger partial charge on any atom is -0.463 e. The van der Waals surface area contributed by atoms with Gasteiger partial charge in [-0.2, -0.15) is 0 Å². The summed E-state index contributed by atoms with van der Waals surface area (Å²) in [7, 11) is 0. The second-order valence-electron chi connectivity index (χ2n) is 10.4. The van der Waals surface area contributed by atoms with Crippen LogP contribution in [-0.4, -0.2) is 36.4 Å². The van der Waals surface area contributed by atoms with Crippen LogP contribution in [0.2, 0.25) is 0 Å². The fourth-order valence-electron chi connectivity index (χ4n) is 4.03. The summed E-state index contributed by atoms with van der Waals surface area (Å²) in [6.45, 7) is 6.55. The fourth-order valence-corrected chi connectivity index (χ4v) is 4.03. The molecule has 0 radical (unpaired) electrons. The second kappa shape index (κ2) is 25.0. The maximum atomic E-state index is 11.8. The third-order valence-corrected chi connectivity index (χ3v) is 6.27. The van der Waals surface area contributed by atoms with Gasteiger partial charge in [-0.3, -0.25) is 9.59 Å². The van der Waals surface area contributed by atoms with Gasteiger partial charge in [-0.15, -0.1) is 0 Å². The summed E-state index contributed by atoms with van der Waals surface area (Å²) < 4.78 is 10.2.